The van der Waals surface area contributed by atoms with Crippen molar-refractivity contribution in [3.05, 3.63) is 53.3 Å². The van der Waals surface area contributed by atoms with Crippen LogP contribution in [0.15, 0.2) is 30.3 Å². The summed E-state index contributed by atoms with van der Waals surface area (Å²) in [6.07, 6.45) is 0. The highest BCUT2D eigenvalue weighted by atomic mass is 19.2. The van der Waals surface area contributed by atoms with E-state index in [4.69, 9.17) is 5.26 Å². The van der Waals surface area contributed by atoms with Crippen LogP contribution in [0.25, 0.3) is 22.4 Å². The minimum Gasteiger partial charge on any atom is -0.327 e. The first-order valence-corrected chi connectivity index (χ1v) is 6.02. The highest BCUT2D eigenvalue weighted by Gasteiger charge is 2.16. The summed E-state index contributed by atoms with van der Waals surface area (Å²) in [7, 11) is 1.66. The Kier molecular flexibility index (Phi) is 2.91. The Hall–Kier alpha value is -2.81. The maximum absolute atomic E-state index is 13.3. The topological polar surface area (TPSA) is 41.6 Å². The number of benzene rings is 2. The molecule has 0 amide bonds. The quantitative estimate of drug-likeness (QED) is 0.642. The molecular weight excluding hydrogens is 279 g/mol. The minimum absolute atomic E-state index is 0.128. The molecule has 0 radical (unpaired) electrons. The van der Waals surface area contributed by atoms with Crippen LogP contribution < -0.4 is 0 Å². The predicted octanol–water partition coefficient (Wildman–Crippen LogP) is 3.53. The molecule has 0 spiro atoms. The zero-order chi connectivity index (χ0) is 15.1. The predicted molar refractivity (Wildman–Crippen MR) is 70.7 cm³/mol. The van der Waals surface area contributed by atoms with Gasteiger partial charge in [-0.2, -0.15) is 5.26 Å². The molecule has 0 saturated carbocycles. The number of aromatic nitrogens is 2. The monoisotopic (exact) mass is 287 g/mol. The molecule has 104 valence electrons. The molecule has 3 rings (SSSR count). The Morgan fingerprint density at radius 3 is 2.38 bits per heavy atom. The Bertz CT molecular complexity index is 883. The van der Waals surface area contributed by atoms with Gasteiger partial charge in [-0.1, -0.05) is 0 Å². The molecule has 1 aromatic heterocycles. The number of imidazole rings is 1. The highest BCUT2D eigenvalue weighted by Crippen LogP contribution is 2.26. The smallest absolute Gasteiger partial charge is 0.194 e. The lowest BCUT2D eigenvalue weighted by Gasteiger charge is -2.04. The zero-order valence-corrected chi connectivity index (χ0v) is 10.9. The minimum atomic E-state index is -1.51. The fourth-order valence-corrected chi connectivity index (χ4v) is 2.20. The van der Waals surface area contributed by atoms with Crippen LogP contribution in [0.5, 0.6) is 0 Å². The molecule has 0 unspecified atom stereocenters. The van der Waals surface area contributed by atoms with Gasteiger partial charge in [0.1, 0.15) is 5.82 Å². The molecule has 3 nitrogen and oxygen atoms in total. The van der Waals surface area contributed by atoms with Gasteiger partial charge < -0.3 is 4.57 Å². The Labute approximate surface area is 117 Å². The first kappa shape index (κ1) is 13.2. The van der Waals surface area contributed by atoms with Crippen molar-refractivity contribution in [3.8, 4) is 17.5 Å². The summed E-state index contributed by atoms with van der Waals surface area (Å²) in [6, 6.07) is 8.67. The molecule has 0 aliphatic carbocycles. The van der Waals surface area contributed by atoms with Crippen molar-refractivity contribution in [2.24, 2.45) is 7.05 Å². The standard InChI is InChI=1S/C15H8F3N3/c1-21-13-4-8(7-19)2-3-12(13)20-15(21)9-5-10(16)14(18)11(17)6-9/h2-6H,1H3. The van der Waals surface area contributed by atoms with E-state index in [-0.39, 0.29) is 11.4 Å². The molecule has 0 N–H and O–H groups in total. The summed E-state index contributed by atoms with van der Waals surface area (Å²) in [5, 5.41) is 8.89. The van der Waals surface area contributed by atoms with E-state index in [1.807, 2.05) is 6.07 Å². The second-order valence-electron chi connectivity index (χ2n) is 4.56. The van der Waals surface area contributed by atoms with Gasteiger partial charge in [0.2, 0.25) is 0 Å². The van der Waals surface area contributed by atoms with Crippen molar-refractivity contribution in [2.75, 3.05) is 0 Å². The number of nitrogens with zero attached hydrogens (tertiary/aromatic N) is 3. The van der Waals surface area contributed by atoms with Gasteiger partial charge in [-0.25, -0.2) is 18.2 Å². The van der Waals surface area contributed by atoms with Crippen LogP contribution in [0.2, 0.25) is 0 Å². The molecule has 0 aliphatic heterocycles. The van der Waals surface area contributed by atoms with Gasteiger partial charge in [-0.05, 0) is 30.3 Å². The fraction of sp³-hybridized carbons (Fsp3) is 0.0667. The summed E-state index contributed by atoms with van der Waals surface area (Å²) in [5.41, 5.74) is 1.81. The van der Waals surface area contributed by atoms with Crippen LogP contribution in [-0.2, 0) is 7.05 Å². The molecule has 0 bridgehead atoms. The van der Waals surface area contributed by atoms with Crippen molar-refractivity contribution >= 4 is 11.0 Å². The van der Waals surface area contributed by atoms with Crippen molar-refractivity contribution in [3.63, 3.8) is 0 Å². The van der Waals surface area contributed by atoms with E-state index in [0.717, 1.165) is 12.1 Å². The average Bonchev–Trinajstić information content (AvgIpc) is 2.81. The largest absolute Gasteiger partial charge is 0.327 e. The molecule has 3 aromatic rings. The lowest BCUT2D eigenvalue weighted by Crippen LogP contribution is -1.97. The van der Waals surface area contributed by atoms with E-state index in [0.29, 0.717) is 16.6 Å². The molecule has 6 heteroatoms. The molecule has 0 fully saturated rings. The van der Waals surface area contributed by atoms with Gasteiger partial charge in [0.25, 0.3) is 0 Å². The van der Waals surface area contributed by atoms with Crippen LogP contribution in [0.1, 0.15) is 5.56 Å². The fourth-order valence-electron chi connectivity index (χ4n) is 2.20. The number of hydrogen-bond acceptors (Lipinski definition) is 2. The van der Waals surface area contributed by atoms with E-state index in [1.54, 1.807) is 29.8 Å². The lowest BCUT2D eigenvalue weighted by molar-refractivity contribution is 0.447. The van der Waals surface area contributed by atoms with E-state index in [9.17, 15) is 13.2 Å². The van der Waals surface area contributed by atoms with Crippen molar-refractivity contribution in [2.45, 2.75) is 0 Å². The van der Waals surface area contributed by atoms with Crippen LogP contribution in [0.3, 0.4) is 0 Å². The summed E-state index contributed by atoms with van der Waals surface area (Å²) in [4.78, 5) is 4.27. The maximum atomic E-state index is 13.3. The zero-order valence-electron chi connectivity index (χ0n) is 10.9. The number of rotatable bonds is 1. The normalized spacial score (nSPS) is 10.8. The first-order chi connectivity index (χ1) is 10.0. The molecule has 0 saturated heterocycles. The third-order valence-corrected chi connectivity index (χ3v) is 3.25. The van der Waals surface area contributed by atoms with Crippen LogP contribution >= 0.6 is 0 Å². The highest BCUT2D eigenvalue weighted by molar-refractivity contribution is 5.81. The Balaban J connectivity index is 2.26. The van der Waals surface area contributed by atoms with Gasteiger partial charge in [-0.15, -0.1) is 0 Å². The van der Waals surface area contributed by atoms with Gasteiger partial charge in [-0.3, -0.25) is 0 Å². The molecule has 0 aliphatic rings. The third-order valence-electron chi connectivity index (χ3n) is 3.25. The third kappa shape index (κ3) is 2.03. The second kappa shape index (κ2) is 4.63. The summed E-state index contributed by atoms with van der Waals surface area (Å²) < 4.78 is 41.3. The Morgan fingerprint density at radius 1 is 1.10 bits per heavy atom. The maximum Gasteiger partial charge on any atom is 0.194 e. The Morgan fingerprint density at radius 2 is 1.76 bits per heavy atom. The van der Waals surface area contributed by atoms with Crippen molar-refractivity contribution in [1.29, 1.82) is 5.26 Å². The van der Waals surface area contributed by atoms with Crippen molar-refractivity contribution < 1.29 is 13.2 Å². The summed E-state index contributed by atoms with van der Waals surface area (Å²) in [6.45, 7) is 0. The number of hydrogen-bond donors (Lipinski definition) is 0. The number of fused-ring (bicyclic) bond motifs is 1. The van der Waals surface area contributed by atoms with Crippen LogP contribution in [-0.4, -0.2) is 9.55 Å². The number of nitriles is 1. The molecule has 1 heterocycles. The van der Waals surface area contributed by atoms with Crippen LogP contribution in [0, 0.1) is 28.8 Å². The summed E-state index contributed by atoms with van der Waals surface area (Å²) in [5.74, 6) is -3.76. The molecule has 0 atom stereocenters. The second-order valence-corrected chi connectivity index (χ2v) is 4.56. The van der Waals surface area contributed by atoms with Gasteiger partial charge >= 0.3 is 0 Å². The molecule has 2 aromatic carbocycles. The number of aryl methyl sites for hydroxylation is 1. The van der Waals surface area contributed by atoms with E-state index < -0.39 is 17.5 Å². The molecule has 21 heavy (non-hydrogen) atoms. The van der Waals surface area contributed by atoms with E-state index in [1.165, 1.54) is 0 Å². The van der Waals surface area contributed by atoms with Crippen molar-refractivity contribution in [1.82, 2.24) is 9.55 Å². The molecular formula is C15H8F3N3. The average molecular weight is 287 g/mol. The number of halogens is 3. The summed E-state index contributed by atoms with van der Waals surface area (Å²) >= 11 is 0. The van der Waals surface area contributed by atoms with Gasteiger partial charge in [0.15, 0.2) is 17.5 Å². The van der Waals surface area contributed by atoms with Crippen LogP contribution in [0.4, 0.5) is 13.2 Å². The first-order valence-electron chi connectivity index (χ1n) is 6.02. The van der Waals surface area contributed by atoms with Gasteiger partial charge in [0, 0.05) is 12.6 Å². The van der Waals surface area contributed by atoms with Gasteiger partial charge in [0.05, 0.1) is 22.7 Å². The van der Waals surface area contributed by atoms with E-state index >= 15 is 0 Å². The van der Waals surface area contributed by atoms with E-state index in [2.05, 4.69) is 4.98 Å². The SMILES string of the molecule is Cn1c(-c2cc(F)c(F)c(F)c2)nc2ccc(C#N)cc21. The lowest BCUT2D eigenvalue weighted by atomic mass is 10.2.